The van der Waals surface area contributed by atoms with Gasteiger partial charge in [0, 0.05) is 50.0 Å². The third kappa shape index (κ3) is 11.2. The number of hydrogen-bond donors (Lipinski definition) is 3. The van der Waals surface area contributed by atoms with Crippen LogP contribution in [0.4, 0.5) is 0 Å². The second-order valence-corrected chi connectivity index (χ2v) is 5.44. The molecule has 0 bridgehead atoms. The molecule has 0 atom stereocenters. The van der Waals surface area contributed by atoms with E-state index in [1.807, 2.05) is 13.8 Å². The molecule has 3 N–H and O–H groups in total. The molecule has 0 aliphatic carbocycles. The van der Waals surface area contributed by atoms with Crippen LogP contribution in [0.15, 0.2) is 29.3 Å². The van der Waals surface area contributed by atoms with Gasteiger partial charge in [-0.2, -0.15) is 0 Å². The molecule has 6 nitrogen and oxygen atoms in total. The molecule has 25 heavy (non-hydrogen) atoms. The van der Waals surface area contributed by atoms with Crippen LogP contribution in [0.3, 0.4) is 0 Å². The Kier molecular flexibility index (Phi) is 14.6. The Bertz CT molecular complexity index is 512. The van der Waals surface area contributed by atoms with Crippen molar-refractivity contribution in [2.75, 3.05) is 39.4 Å². The topological polar surface area (TPSA) is 74.8 Å². The number of nitrogens with one attached hydrogen (secondary N) is 3. The number of halogens is 2. The number of amides is 1. The summed E-state index contributed by atoms with van der Waals surface area (Å²) in [5.41, 5.74) is 0.593. The lowest BCUT2D eigenvalue weighted by atomic mass is 10.2. The second-order valence-electron chi connectivity index (χ2n) is 5.00. The number of hydrogen-bond acceptors (Lipinski definition) is 3. The van der Waals surface area contributed by atoms with Crippen molar-refractivity contribution in [3.63, 3.8) is 0 Å². The van der Waals surface area contributed by atoms with E-state index in [9.17, 15) is 4.79 Å². The van der Waals surface area contributed by atoms with Gasteiger partial charge in [-0.1, -0.05) is 11.6 Å². The fraction of sp³-hybridized carbons (Fsp3) is 0.529. The second kappa shape index (κ2) is 15.2. The first kappa shape index (κ1) is 23.9. The first-order valence-corrected chi connectivity index (χ1v) is 8.68. The molecule has 1 aromatic rings. The van der Waals surface area contributed by atoms with Crippen molar-refractivity contribution in [1.82, 2.24) is 16.0 Å². The fourth-order valence-electron chi connectivity index (χ4n) is 1.90. The maximum absolute atomic E-state index is 12.0. The standard InChI is InChI=1S/C17H27ClN4O2.HI/c1-3-19-17(21-10-5-13-24-4-2)22-12-11-20-16(23)14-6-8-15(18)9-7-14;/h6-9H,3-5,10-13H2,1-2H3,(H,20,23)(H2,19,21,22);1H. The average Bonchev–Trinajstić information content (AvgIpc) is 2.58. The molecule has 1 rings (SSSR count). The molecule has 0 saturated carbocycles. The maximum atomic E-state index is 12.0. The molecular formula is C17H28ClIN4O2. The summed E-state index contributed by atoms with van der Waals surface area (Å²) in [6.07, 6.45) is 0.887. The van der Waals surface area contributed by atoms with E-state index in [0.717, 1.165) is 32.1 Å². The van der Waals surface area contributed by atoms with Gasteiger partial charge in [0.15, 0.2) is 5.96 Å². The van der Waals surface area contributed by atoms with Crippen LogP contribution in [0.1, 0.15) is 30.6 Å². The zero-order chi connectivity index (χ0) is 17.6. The van der Waals surface area contributed by atoms with Crippen molar-refractivity contribution in [3.8, 4) is 0 Å². The van der Waals surface area contributed by atoms with E-state index in [1.165, 1.54) is 0 Å². The number of carbonyl (C=O) groups is 1. The summed E-state index contributed by atoms with van der Waals surface area (Å²) < 4.78 is 5.28. The summed E-state index contributed by atoms with van der Waals surface area (Å²) >= 11 is 5.81. The normalized spacial score (nSPS) is 10.8. The van der Waals surface area contributed by atoms with E-state index >= 15 is 0 Å². The Morgan fingerprint density at radius 1 is 1.12 bits per heavy atom. The molecule has 0 radical (unpaired) electrons. The van der Waals surface area contributed by atoms with Gasteiger partial charge in [0.1, 0.15) is 0 Å². The lowest BCUT2D eigenvalue weighted by molar-refractivity contribution is 0.0954. The largest absolute Gasteiger partial charge is 0.382 e. The van der Waals surface area contributed by atoms with Gasteiger partial charge >= 0.3 is 0 Å². The molecule has 8 heteroatoms. The highest BCUT2D eigenvalue weighted by Crippen LogP contribution is 2.09. The number of nitrogens with zero attached hydrogens (tertiary/aromatic N) is 1. The van der Waals surface area contributed by atoms with Crippen LogP contribution >= 0.6 is 35.6 Å². The van der Waals surface area contributed by atoms with Crippen LogP contribution in [0.5, 0.6) is 0 Å². The van der Waals surface area contributed by atoms with Crippen molar-refractivity contribution in [3.05, 3.63) is 34.9 Å². The van der Waals surface area contributed by atoms with Crippen molar-refractivity contribution >= 4 is 47.4 Å². The minimum atomic E-state index is -0.118. The van der Waals surface area contributed by atoms with Gasteiger partial charge in [-0.15, -0.1) is 24.0 Å². The van der Waals surface area contributed by atoms with Crippen LogP contribution in [0, 0.1) is 0 Å². The Morgan fingerprint density at radius 2 is 1.80 bits per heavy atom. The van der Waals surface area contributed by atoms with E-state index in [-0.39, 0.29) is 29.9 Å². The molecule has 0 fully saturated rings. The lowest BCUT2D eigenvalue weighted by Gasteiger charge is -2.12. The number of carbonyl (C=O) groups excluding carboxylic acids is 1. The van der Waals surface area contributed by atoms with Crippen LogP contribution < -0.4 is 16.0 Å². The van der Waals surface area contributed by atoms with Crippen molar-refractivity contribution < 1.29 is 9.53 Å². The van der Waals surface area contributed by atoms with Crippen molar-refractivity contribution in [1.29, 1.82) is 0 Å². The fourth-order valence-corrected chi connectivity index (χ4v) is 2.03. The van der Waals surface area contributed by atoms with Gasteiger partial charge in [0.2, 0.25) is 0 Å². The molecule has 0 saturated heterocycles. The minimum absolute atomic E-state index is 0. The van der Waals surface area contributed by atoms with E-state index in [4.69, 9.17) is 16.3 Å². The van der Waals surface area contributed by atoms with E-state index < -0.39 is 0 Å². The monoisotopic (exact) mass is 482 g/mol. The molecule has 0 aliphatic rings. The quantitative estimate of drug-likeness (QED) is 0.207. The average molecular weight is 483 g/mol. The predicted octanol–water partition coefficient (Wildman–Crippen LogP) is 2.67. The van der Waals surface area contributed by atoms with Crippen LogP contribution in [0.25, 0.3) is 0 Å². The van der Waals surface area contributed by atoms with Crippen LogP contribution in [-0.2, 0) is 4.74 Å². The molecular weight excluding hydrogens is 455 g/mol. The molecule has 0 spiro atoms. The third-order valence-electron chi connectivity index (χ3n) is 3.07. The van der Waals surface area contributed by atoms with Gasteiger partial charge in [0.05, 0.1) is 0 Å². The zero-order valence-electron chi connectivity index (χ0n) is 14.8. The highest BCUT2D eigenvalue weighted by atomic mass is 127. The van der Waals surface area contributed by atoms with Gasteiger partial charge in [-0.05, 0) is 44.5 Å². The summed E-state index contributed by atoms with van der Waals surface area (Å²) in [5.74, 6) is 0.627. The summed E-state index contributed by atoms with van der Waals surface area (Å²) in [4.78, 5) is 16.4. The molecule has 0 aliphatic heterocycles. The smallest absolute Gasteiger partial charge is 0.251 e. The summed E-state index contributed by atoms with van der Waals surface area (Å²) in [7, 11) is 0. The van der Waals surface area contributed by atoms with Crippen LogP contribution in [0.2, 0.25) is 5.02 Å². The number of guanidine groups is 1. The third-order valence-corrected chi connectivity index (χ3v) is 3.33. The first-order valence-electron chi connectivity index (χ1n) is 8.31. The van der Waals surface area contributed by atoms with Crippen molar-refractivity contribution in [2.45, 2.75) is 20.3 Å². The van der Waals surface area contributed by atoms with Gasteiger partial charge in [-0.25, -0.2) is 0 Å². The van der Waals surface area contributed by atoms with Gasteiger partial charge < -0.3 is 20.7 Å². The number of ether oxygens (including phenoxy) is 1. The van der Waals surface area contributed by atoms with E-state index in [2.05, 4.69) is 20.9 Å². The Morgan fingerprint density at radius 3 is 2.44 bits per heavy atom. The minimum Gasteiger partial charge on any atom is -0.382 e. The maximum Gasteiger partial charge on any atom is 0.251 e. The SMILES string of the molecule is CCNC(=NCCCOCC)NCCNC(=O)c1ccc(Cl)cc1.I. The molecule has 0 unspecified atom stereocenters. The highest BCUT2D eigenvalue weighted by molar-refractivity contribution is 14.0. The zero-order valence-corrected chi connectivity index (χ0v) is 17.9. The lowest BCUT2D eigenvalue weighted by Crippen LogP contribution is -2.41. The number of rotatable bonds is 10. The Labute approximate surface area is 172 Å². The molecule has 0 heterocycles. The van der Waals surface area contributed by atoms with Gasteiger partial charge in [-0.3, -0.25) is 9.79 Å². The summed E-state index contributed by atoms with van der Waals surface area (Å²) in [5, 5.41) is 9.83. The molecule has 142 valence electrons. The summed E-state index contributed by atoms with van der Waals surface area (Å²) in [6, 6.07) is 6.81. The molecule has 0 aromatic heterocycles. The van der Waals surface area contributed by atoms with Crippen LogP contribution in [-0.4, -0.2) is 51.3 Å². The predicted molar refractivity (Wildman–Crippen MR) is 114 cm³/mol. The van der Waals surface area contributed by atoms with E-state index in [0.29, 0.717) is 30.2 Å². The Hall–Kier alpha value is -1.06. The molecule has 1 aromatic carbocycles. The Balaban J connectivity index is 0.00000576. The highest BCUT2D eigenvalue weighted by Gasteiger charge is 2.04. The number of aliphatic imine (C=N–C) groups is 1. The van der Waals surface area contributed by atoms with E-state index in [1.54, 1.807) is 24.3 Å². The first-order chi connectivity index (χ1) is 11.7. The van der Waals surface area contributed by atoms with Crippen molar-refractivity contribution in [2.24, 2.45) is 4.99 Å². The molecule has 1 amide bonds. The summed E-state index contributed by atoms with van der Waals surface area (Å²) in [6.45, 7) is 8.03. The van der Waals surface area contributed by atoms with Gasteiger partial charge in [0.25, 0.3) is 5.91 Å². The number of benzene rings is 1.